The number of thioether (sulfide) groups is 2. The lowest BCUT2D eigenvalue weighted by molar-refractivity contribution is -0.140. The molecule has 18 heavy (non-hydrogen) atoms. The number of nitrogens with one attached hydrogen (secondary N) is 2. The van der Waals surface area contributed by atoms with E-state index in [0.717, 1.165) is 17.3 Å². The molecule has 2 unspecified atom stereocenters. The zero-order valence-electron chi connectivity index (χ0n) is 10.2. The molecule has 1 saturated heterocycles. The Morgan fingerprint density at radius 1 is 1.50 bits per heavy atom. The van der Waals surface area contributed by atoms with Crippen LogP contribution in [0.3, 0.4) is 0 Å². The Kier molecular flexibility index (Phi) is 7.29. The number of ether oxygens (including phenoxy) is 1. The first-order valence-electron chi connectivity index (χ1n) is 5.59. The van der Waals surface area contributed by atoms with Crippen LogP contribution in [-0.2, 0) is 9.53 Å². The molecule has 0 saturated carbocycles. The SMILES string of the molecule is COCC(NC(=O)NCC1CSCCS1)C(=O)O. The van der Waals surface area contributed by atoms with Crippen LogP contribution < -0.4 is 10.6 Å². The van der Waals surface area contributed by atoms with Gasteiger partial charge in [-0.1, -0.05) is 0 Å². The Morgan fingerprint density at radius 2 is 2.28 bits per heavy atom. The largest absolute Gasteiger partial charge is 0.480 e. The summed E-state index contributed by atoms with van der Waals surface area (Å²) >= 11 is 3.71. The molecule has 104 valence electrons. The third-order valence-electron chi connectivity index (χ3n) is 2.31. The minimum absolute atomic E-state index is 0.0449. The number of carbonyl (C=O) groups is 2. The summed E-state index contributed by atoms with van der Waals surface area (Å²) in [6.07, 6.45) is 0. The fourth-order valence-corrected chi connectivity index (χ4v) is 4.02. The number of hydrogen-bond acceptors (Lipinski definition) is 5. The van der Waals surface area contributed by atoms with E-state index in [-0.39, 0.29) is 6.61 Å². The molecule has 0 radical (unpaired) electrons. The van der Waals surface area contributed by atoms with Gasteiger partial charge in [-0.2, -0.15) is 23.5 Å². The van der Waals surface area contributed by atoms with E-state index in [1.54, 1.807) is 0 Å². The molecule has 1 fully saturated rings. The van der Waals surface area contributed by atoms with Crippen molar-refractivity contribution in [1.82, 2.24) is 10.6 Å². The molecule has 0 aromatic heterocycles. The van der Waals surface area contributed by atoms with Gasteiger partial charge in [0.2, 0.25) is 0 Å². The minimum Gasteiger partial charge on any atom is -0.480 e. The van der Waals surface area contributed by atoms with Gasteiger partial charge in [-0.15, -0.1) is 0 Å². The first kappa shape index (κ1) is 15.5. The number of aliphatic carboxylic acids is 1. The van der Waals surface area contributed by atoms with E-state index in [1.165, 1.54) is 7.11 Å². The topological polar surface area (TPSA) is 87.7 Å². The Labute approximate surface area is 115 Å². The molecule has 3 N–H and O–H groups in total. The highest BCUT2D eigenvalue weighted by Crippen LogP contribution is 2.23. The summed E-state index contributed by atoms with van der Waals surface area (Å²) < 4.78 is 4.73. The van der Waals surface area contributed by atoms with Crippen LogP contribution in [-0.4, -0.2) is 65.9 Å². The maximum absolute atomic E-state index is 11.5. The van der Waals surface area contributed by atoms with Gasteiger partial charge < -0.3 is 20.5 Å². The van der Waals surface area contributed by atoms with Gasteiger partial charge in [-0.25, -0.2) is 9.59 Å². The quantitative estimate of drug-likeness (QED) is 0.650. The third kappa shape index (κ3) is 5.83. The first-order valence-corrected chi connectivity index (χ1v) is 7.79. The Bertz CT molecular complexity index is 285. The van der Waals surface area contributed by atoms with Crippen molar-refractivity contribution in [1.29, 1.82) is 0 Å². The summed E-state index contributed by atoms with van der Waals surface area (Å²) in [7, 11) is 1.39. The van der Waals surface area contributed by atoms with Crippen molar-refractivity contribution in [2.75, 3.05) is 37.5 Å². The van der Waals surface area contributed by atoms with E-state index in [1.807, 2.05) is 23.5 Å². The van der Waals surface area contributed by atoms with Gasteiger partial charge in [0.1, 0.15) is 0 Å². The molecule has 2 amide bonds. The number of methoxy groups -OCH3 is 1. The van der Waals surface area contributed by atoms with Crippen molar-refractivity contribution in [3.05, 3.63) is 0 Å². The lowest BCUT2D eigenvalue weighted by Gasteiger charge is -2.21. The second-order valence-corrected chi connectivity index (χ2v) is 6.33. The highest BCUT2D eigenvalue weighted by molar-refractivity contribution is 8.06. The second kappa shape index (κ2) is 8.49. The Balaban J connectivity index is 2.24. The molecule has 0 bridgehead atoms. The number of carboxylic acids is 1. The zero-order chi connectivity index (χ0) is 13.4. The van der Waals surface area contributed by atoms with Gasteiger partial charge >= 0.3 is 12.0 Å². The van der Waals surface area contributed by atoms with Gasteiger partial charge in [-0.05, 0) is 0 Å². The van der Waals surface area contributed by atoms with Gasteiger partial charge in [0.15, 0.2) is 6.04 Å². The van der Waals surface area contributed by atoms with Crippen molar-refractivity contribution in [2.45, 2.75) is 11.3 Å². The first-order chi connectivity index (χ1) is 8.63. The van der Waals surface area contributed by atoms with Crippen LogP contribution in [0, 0.1) is 0 Å². The van der Waals surface area contributed by atoms with Gasteiger partial charge in [0.05, 0.1) is 6.61 Å². The summed E-state index contributed by atoms with van der Waals surface area (Å²) in [6.45, 7) is 0.513. The highest BCUT2D eigenvalue weighted by atomic mass is 32.2. The normalized spacial score (nSPS) is 21.1. The molecule has 0 aliphatic carbocycles. The molecule has 1 aliphatic rings. The van der Waals surface area contributed by atoms with E-state index >= 15 is 0 Å². The zero-order valence-corrected chi connectivity index (χ0v) is 11.8. The summed E-state index contributed by atoms with van der Waals surface area (Å²) in [6, 6.07) is -1.47. The van der Waals surface area contributed by atoms with Crippen molar-refractivity contribution in [3.63, 3.8) is 0 Å². The average molecular weight is 294 g/mol. The average Bonchev–Trinajstić information content (AvgIpc) is 2.37. The monoisotopic (exact) mass is 294 g/mol. The molecular formula is C10H18N2O4S2. The number of hydrogen-bond donors (Lipinski definition) is 3. The second-order valence-electron chi connectivity index (χ2n) is 3.77. The molecule has 6 nitrogen and oxygen atoms in total. The Morgan fingerprint density at radius 3 is 2.83 bits per heavy atom. The standard InChI is InChI=1S/C10H18N2O4S2/c1-16-5-8(9(13)14)12-10(15)11-4-7-6-17-2-3-18-7/h7-8H,2-6H2,1H3,(H,13,14)(H2,11,12,15). The number of carbonyl (C=O) groups excluding carboxylic acids is 1. The van der Waals surface area contributed by atoms with Gasteiger partial charge in [0.25, 0.3) is 0 Å². The van der Waals surface area contributed by atoms with Crippen LogP contribution in [0.25, 0.3) is 0 Å². The van der Waals surface area contributed by atoms with Crippen molar-refractivity contribution >= 4 is 35.5 Å². The smallest absolute Gasteiger partial charge is 0.328 e. The van der Waals surface area contributed by atoms with Crippen LogP contribution in [0.5, 0.6) is 0 Å². The highest BCUT2D eigenvalue weighted by Gasteiger charge is 2.20. The van der Waals surface area contributed by atoms with E-state index in [0.29, 0.717) is 11.8 Å². The molecule has 0 spiro atoms. The molecular weight excluding hydrogens is 276 g/mol. The summed E-state index contributed by atoms with van der Waals surface area (Å²) in [5.74, 6) is 2.17. The number of urea groups is 1. The Hall–Kier alpha value is -0.600. The van der Waals surface area contributed by atoms with E-state index in [9.17, 15) is 9.59 Å². The molecule has 1 heterocycles. The van der Waals surface area contributed by atoms with Crippen LogP contribution in [0.4, 0.5) is 4.79 Å². The summed E-state index contributed by atoms with van der Waals surface area (Å²) in [4.78, 5) is 22.3. The number of amides is 2. The van der Waals surface area contributed by atoms with Crippen molar-refractivity contribution in [2.24, 2.45) is 0 Å². The minimum atomic E-state index is -1.10. The predicted molar refractivity (Wildman–Crippen MR) is 73.4 cm³/mol. The summed E-state index contributed by atoms with van der Waals surface area (Å²) in [5.41, 5.74) is 0. The maximum Gasteiger partial charge on any atom is 0.328 e. The molecule has 1 rings (SSSR count). The van der Waals surface area contributed by atoms with E-state index in [4.69, 9.17) is 9.84 Å². The third-order valence-corrected chi connectivity index (χ3v) is 5.16. The van der Waals surface area contributed by atoms with Gasteiger partial charge in [0, 0.05) is 36.2 Å². The molecule has 2 atom stereocenters. The molecule has 8 heteroatoms. The molecule has 0 aromatic rings. The summed E-state index contributed by atoms with van der Waals surface area (Å²) in [5, 5.41) is 14.3. The van der Waals surface area contributed by atoms with E-state index in [2.05, 4.69) is 10.6 Å². The van der Waals surface area contributed by atoms with Crippen LogP contribution >= 0.6 is 23.5 Å². The lowest BCUT2D eigenvalue weighted by atomic mass is 10.3. The van der Waals surface area contributed by atoms with Gasteiger partial charge in [-0.3, -0.25) is 0 Å². The van der Waals surface area contributed by atoms with E-state index < -0.39 is 18.0 Å². The number of rotatable bonds is 6. The van der Waals surface area contributed by atoms with Crippen LogP contribution in [0.15, 0.2) is 0 Å². The fraction of sp³-hybridized carbons (Fsp3) is 0.800. The van der Waals surface area contributed by atoms with Crippen LogP contribution in [0.2, 0.25) is 0 Å². The van der Waals surface area contributed by atoms with Crippen molar-refractivity contribution in [3.8, 4) is 0 Å². The number of carboxylic acid groups (broad SMARTS) is 1. The molecule has 0 aromatic carbocycles. The fourth-order valence-electron chi connectivity index (χ4n) is 1.41. The van der Waals surface area contributed by atoms with Crippen LogP contribution in [0.1, 0.15) is 0 Å². The predicted octanol–water partition coefficient (Wildman–Crippen LogP) is 0.234. The molecule has 1 aliphatic heterocycles. The maximum atomic E-state index is 11.5. The lowest BCUT2D eigenvalue weighted by Crippen LogP contribution is -2.49. The van der Waals surface area contributed by atoms with Crippen molar-refractivity contribution < 1.29 is 19.4 Å².